The van der Waals surface area contributed by atoms with Gasteiger partial charge in [0.05, 0.1) is 73.4 Å². The number of nitriles is 1. The Morgan fingerprint density at radius 3 is 1.41 bits per heavy atom. The zero-order valence-electron chi connectivity index (χ0n) is 43.9. The molecule has 1 fully saturated rings. The van der Waals surface area contributed by atoms with Crippen LogP contribution >= 0.6 is 47.0 Å². The third-order valence-electron chi connectivity index (χ3n) is 11.6. The Kier molecular flexibility index (Phi) is 22.9. The number of nitrogens with zero attached hydrogens (tertiary/aromatic N) is 3. The van der Waals surface area contributed by atoms with E-state index in [1.54, 1.807) is 24.3 Å². The standard InChI is InChI=1S/C56H57N3O16S4/c1-7-9-16-35(8-2)32-73-54(68)38(29-57)55-76-46-44(74-41(62)23-21-39(60)69-25-27-71-52(66)33(3)4)48-49(45(47(46)77-55)75-42(63)24-22-40(61)70-26-28-72-53(67)34(5)6)79-56(78-48)43-50(64)58(30-36-17-12-10-13-18-36)59(51(43)65)31-37-19-14-11-15-20-37/h10-15,17-20,35H,3,5,7-9,16,21-28,30-32H2,1-2,4,6H3. The fourth-order valence-electron chi connectivity index (χ4n) is 7.41. The zero-order valence-corrected chi connectivity index (χ0v) is 47.1. The fourth-order valence-corrected chi connectivity index (χ4v) is 12.8. The molecule has 0 aromatic heterocycles. The molecule has 23 heteroatoms. The Hall–Kier alpha value is -7.26. The highest BCUT2D eigenvalue weighted by Gasteiger charge is 2.47. The number of amides is 2. The number of ether oxygens (including phenoxy) is 7. The molecular formula is C56H57N3O16S4. The van der Waals surface area contributed by atoms with Gasteiger partial charge >= 0.3 is 41.8 Å². The number of carbonyl (C=O) groups excluding carboxylic acids is 9. The predicted molar refractivity (Wildman–Crippen MR) is 291 cm³/mol. The summed E-state index contributed by atoms with van der Waals surface area (Å²) < 4.78 is 38.3. The van der Waals surface area contributed by atoms with Crippen molar-refractivity contribution >= 4 is 101 Å². The summed E-state index contributed by atoms with van der Waals surface area (Å²) in [7, 11) is 0. The highest BCUT2D eigenvalue weighted by Crippen LogP contribution is 2.69. The molecule has 6 rings (SSSR count). The smallest absolute Gasteiger partial charge is 0.350 e. The fraction of sp³-hybridized carbons (Fsp3) is 0.357. The van der Waals surface area contributed by atoms with Gasteiger partial charge in [0.2, 0.25) is 0 Å². The maximum absolute atomic E-state index is 14.8. The molecule has 79 heavy (non-hydrogen) atoms. The van der Waals surface area contributed by atoms with E-state index in [9.17, 15) is 48.4 Å². The molecule has 0 saturated carbocycles. The Bertz CT molecular complexity index is 2840. The first kappa shape index (κ1) is 61.0. The van der Waals surface area contributed by atoms with Crippen molar-refractivity contribution < 1.29 is 76.3 Å². The first-order chi connectivity index (χ1) is 37.9. The van der Waals surface area contributed by atoms with E-state index < -0.39 is 79.3 Å². The first-order valence-electron chi connectivity index (χ1n) is 25.0. The van der Waals surface area contributed by atoms with Gasteiger partial charge in [-0.1, -0.05) is 154 Å². The SMILES string of the molecule is C=C(C)C(=O)OCCOC(=O)CCC(=O)Oc1c2c(c(OC(=O)CCC(=O)OCCOC(=O)C(=C)C)c3c1SC(=C1C(=O)N(Cc4ccccc4)N(Cc4ccccc4)C1=O)S3)SC(=C(C#N)C(=O)OCC(CC)CCCC)S2. The lowest BCUT2D eigenvalue weighted by Crippen LogP contribution is -2.39. The number of rotatable bonds is 27. The van der Waals surface area contributed by atoms with Gasteiger partial charge in [0, 0.05) is 11.1 Å². The van der Waals surface area contributed by atoms with E-state index in [1.807, 2.05) is 56.3 Å². The van der Waals surface area contributed by atoms with Gasteiger partial charge in [-0.25, -0.2) is 24.4 Å². The second-order valence-electron chi connectivity index (χ2n) is 17.8. The summed E-state index contributed by atoms with van der Waals surface area (Å²) in [5.41, 5.74) is 1.14. The minimum absolute atomic E-state index is 0.0192. The second-order valence-corrected chi connectivity index (χ2v) is 22.4. The molecule has 416 valence electrons. The minimum Gasteiger partial charge on any atom is -0.462 e. The molecule has 3 aliphatic rings. The Balaban J connectivity index is 1.40. The van der Waals surface area contributed by atoms with Crippen LogP contribution in [0.1, 0.15) is 90.2 Å². The summed E-state index contributed by atoms with van der Waals surface area (Å²) >= 11 is 3.45. The number of benzene rings is 3. The number of carbonyl (C=O) groups is 9. The molecule has 0 N–H and O–H groups in total. The van der Waals surface area contributed by atoms with Crippen LogP contribution in [0.4, 0.5) is 0 Å². The Morgan fingerprint density at radius 2 is 1.00 bits per heavy atom. The molecule has 2 amide bonds. The number of fused-ring (bicyclic) bond motifs is 2. The highest BCUT2D eigenvalue weighted by molar-refractivity contribution is 8.26. The van der Waals surface area contributed by atoms with E-state index in [-0.39, 0.29) is 114 Å². The van der Waals surface area contributed by atoms with Crippen LogP contribution in [0.5, 0.6) is 11.5 Å². The molecular weight excluding hydrogens is 1100 g/mol. The molecule has 0 radical (unpaired) electrons. The van der Waals surface area contributed by atoms with Crippen LogP contribution in [0.25, 0.3) is 0 Å². The average Bonchev–Trinajstić information content (AvgIpc) is 4.25. The third-order valence-corrected chi connectivity index (χ3v) is 16.8. The van der Waals surface area contributed by atoms with Gasteiger partial charge < -0.3 is 33.2 Å². The summed E-state index contributed by atoms with van der Waals surface area (Å²) in [6.07, 6.45) is 1.36. The molecule has 0 spiro atoms. The molecule has 0 aliphatic carbocycles. The van der Waals surface area contributed by atoms with Gasteiger partial charge in [0.1, 0.15) is 38.1 Å². The van der Waals surface area contributed by atoms with Gasteiger partial charge in [-0.15, -0.1) is 0 Å². The van der Waals surface area contributed by atoms with Gasteiger partial charge in [-0.2, -0.15) is 5.26 Å². The number of hydrazine groups is 1. The Morgan fingerprint density at radius 1 is 0.582 bits per heavy atom. The topological polar surface area (TPSA) is 249 Å². The average molecular weight is 1160 g/mol. The van der Waals surface area contributed by atoms with Gasteiger partial charge in [-0.05, 0) is 37.3 Å². The molecule has 0 bridgehead atoms. The van der Waals surface area contributed by atoms with Crippen molar-refractivity contribution in [2.45, 2.75) is 112 Å². The molecule has 3 aromatic rings. The normalized spacial score (nSPS) is 13.7. The maximum Gasteiger partial charge on any atom is 0.350 e. The number of esters is 7. The van der Waals surface area contributed by atoms with Crippen LogP contribution in [-0.2, 0) is 79.9 Å². The molecule has 1 saturated heterocycles. The maximum atomic E-state index is 14.8. The van der Waals surface area contributed by atoms with Crippen LogP contribution in [0.2, 0.25) is 0 Å². The van der Waals surface area contributed by atoms with E-state index >= 15 is 0 Å². The lowest BCUT2D eigenvalue weighted by atomic mass is 10.0. The van der Waals surface area contributed by atoms with Crippen LogP contribution in [0.15, 0.2) is 124 Å². The number of unbranched alkanes of at least 4 members (excludes halogenated alkanes) is 1. The zero-order chi connectivity index (χ0) is 57.2. The molecule has 19 nitrogen and oxygen atoms in total. The molecule has 1 atom stereocenters. The Labute approximate surface area is 473 Å². The van der Waals surface area contributed by atoms with Crippen molar-refractivity contribution in [3.8, 4) is 17.6 Å². The number of hydrogen-bond acceptors (Lipinski definition) is 21. The van der Waals surface area contributed by atoms with E-state index in [0.29, 0.717) is 0 Å². The summed E-state index contributed by atoms with van der Waals surface area (Å²) in [4.78, 5) is 121. The van der Waals surface area contributed by atoms with Crippen LogP contribution in [0, 0.1) is 17.2 Å². The predicted octanol–water partition coefficient (Wildman–Crippen LogP) is 9.47. The van der Waals surface area contributed by atoms with Crippen molar-refractivity contribution in [2.24, 2.45) is 5.92 Å². The van der Waals surface area contributed by atoms with Crippen molar-refractivity contribution in [1.82, 2.24) is 10.0 Å². The third kappa shape index (κ3) is 16.6. The summed E-state index contributed by atoms with van der Waals surface area (Å²) in [6.45, 7) is 12.9. The summed E-state index contributed by atoms with van der Waals surface area (Å²) in [5.74, 6) is -7.40. The van der Waals surface area contributed by atoms with Crippen molar-refractivity contribution in [3.63, 3.8) is 0 Å². The van der Waals surface area contributed by atoms with Crippen LogP contribution in [-0.4, -0.2) is 96.7 Å². The number of thioether (sulfide) groups is 4. The first-order valence-corrected chi connectivity index (χ1v) is 28.3. The second kappa shape index (κ2) is 29.6. The van der Waals surface area contributed by atoms with Crippen molar-refractivity contribution in [1.29, 1.82) is 5.26 Å². The van der Waals surface area contributed by atoms with E-state index in [2.05, 4.69) is 13.2 Å². The van der Waals surface area contributed by atoms with Crippen molar-refractivity contribution in [2.75, 3.05) is 33.0 Å². The quantitative estimate of drug-likeness (QED) is 0.0131. The summed E-state index contributed by atoms with van der Waals surface area (Å²) in [5, 5.41) is 13.2. The lowest BCUT2D eigenvalue weighted by Gasteiger charge is -2.27. The van der Waals surface area contributed by atoms with E-state index in [1.165, 1.54) is 23.9 Å². The van der Waals surface area contributed by atoms with E-state index in [4.69, 9.17) is 33.2 Å². The molecule has 3 aliphatic heterocycles. The van der Waals surface area contributed by atoms with E-state index in [0.717, 1.165) is 83.9 Å². The van der Waals surface area contributed by atoms with Gasteiger partial charge in [0.15, 0.2) is 17.1 Å². The largest absolute Gasteiger partial charge is 0.462 e. The monoisotopic (exact) mass is 1160 g/mol. The van der Waals surface area contributed by atoms with Gasteiger partial charge in [-0.3, -0.25) is 28.8 Å². The van der Waals surface area contributed by atoms with Gasteiger partial charge in [0.25, 0.3) is 11.8 Å². The molecule has 3 heterocycles. The number of hydrogen-bond donors (Lipinski definition) is 0. The lowest BCUT2D eigenvalue weighted by molar-refractivity contribution is -0.151. The highest BCUT2D eigenvalue weighted by atomic mass is 32.2. The van der Waals surface area contributed by atoms with Crippen molar-refractivity contribution in [3.05, 3.63) is 116 Å². The van der Waals surface area contributed by atoms with Crippen LogP contribution < -0.4 is 9.47 Å². The van der Waals surface area contributed by atoms with Crippen LogP contribution in [0.3, 0.4) is 0 Å². The molecule has 1 unspecified atom stereocenters. The molecule has 3 aromatic carbocycles. The minimum atomic E-state index is -0.948. The summed E-state index contributed by atoms with van der Waals surface area (Å²) in [6, 6.07) is 20.1.